The number of carbonyl (C=O) groups excluding carboxylic acids is 1. The zero-order valence-electron chi connectivity index (χ0n) is 5.76. The molecule has 0 saturated carbocycles. The van der Waals surface area contributed by atoms with Crippen LogP contribution in [-0.4, -0.2) is 23.0 Å². The Balaban J connectivity index is 0.000000810. The van der Waals surface area contributed by atoms with Gasteiger partial charge in [0.25, 0.3) is 0 Å². The maximum Gasteiger partial charge on any atom is 0.147 e. The van der Waals surface area contributed by atoms with Gasteiger partial charge in [-0.3, -0.25) is 0 Å². The molecule has 0 amide bonds. The van der Waals surface area contributed by atoms with Crippen LogP contribution in [0.4, 0.5) is 0 Å². The first kappa shape index (κ1) is 9.17. The number of piperidine rings is 1. The van der Waals surface area contributed by atoms with Crippen LogP contribution in [0, 0.1) is 0 Å². The van der Waals surface area contributed by atoms with Crippen LogP contribution in [0.2, 0.25) is 0 Å². The lowest BCUT2D eigenvalue weighted by Crippen LogP contribution is -2.34. The Morgan fingerprint density at radius 2 is 2.20 bits per heavy atom. The van der Waals surface area contributed by atoms with Gasteiger partial charge in [0.1, 0.15) is 11.6 Å². The van der Waals surface area contributed by atoms with Crippen molar-refractivity contribution >= 4 is 5.94 Å². The van der Waals surface area contributed by atoms with Gasteiger partial charge < -0.3 is 10.5 Å². The molecule has 10 heavy (non-hydrogen) atoms. The van der Waals surface area contributed by atoms with E-state index in [9.17, 15) is 4.79 Å². The third kappa shape index (κ3) is 1.84. The summed E-state index contributed by atoms with van der Waals surface area (Å²) >= 11 is 0. The Morgan fingerprint density at radius 1 is 1.50 bits per heavy atom. The molecule has 0 radical (unpaired) electrons. The Labute approximate surface area is 59.6 Å². The number of rotatable bonds is 0. The summed E-state index contributed by atoms with van der Waals surface area (Å²) in [4.78, 5) is 10.1. The Morgan fingerprint density at radius 3 is 2.60 bits per heavy atom. The lowest BCUT2D eigenvalue weighted by atomic mass is 10.1. The van der Waals surface area contributed by atoms with Gasteiger partial charge in [0.15, 0.2) is 0 Å². The first-order chi connectivity index (χ1) is 4.34. The normalized spacial score (nSPS) is 17.7. The molecule has 1 heterocycles. The molecular formula is C6H12N2O2. The minimum atomic E-state index is 0. The molecule has 0 spiro atoms. The third-order valence-electron chi connectivity index (χ3n) is 1.53. The Bertz CT molecular complexity index is 152. The summed E-state index contributed by atoms with van der Waals surface area (Å²) in [5, 5.41) is 1.48. The molecule has 0 aromatic rings. The highest BCUT2D eigenvalue weighted by atomic mass is 16.1. The molecule has 4 nitrogen and oxygen atoms in total. The average molecular weight is 144 g/mol. The minimum absolute atomic E-state index is 0. The van der Waals surface area contributed by atoms with Gasteiger partial charge >= 0.3 is 0 Å². The van der Waals surface area contributed by atoms with Gasteiger partial charge in [-0.15, -0.1) is 0 Å². The van der Waals surface area contributed by atoms with Crippen LogP contribution in [-0.2, 0) is 4.79 Å². The minimum Gasteiger partial charge on any atom is -0.412 e. The van der Waals surface area contributed by atoms with Crippen LogP contribution < -0.4 is 5.84 Å². The maximum absolute atomic E-state index is 10.1. The number of nitrogens with zero attached hydrogens (tertiary/aromatic N) is 1. The topological polar surface area (TPSA) is 77.8 Å². The zero-order chi connectivity index (χ0) is 6.69. The summed E-state index contributed by atoms with van der Waals surface area (Å²) in [6.45, 7) is 0.796. The van der Waals surface area contributed by atoms with Gasteiger partial charge in [-0.25, -0.2) is 10.6 Å². The lowest BCUT2D eigenvalue weighted by molar-refractivity contribution is 0.302. The molecule has 0 unspecified atom stereocenters. The Hall–Kier alpha value is -0.830. The Kier molecular flexibility index (Phi) is 3.72. The van der Waals surface area contributed by atoms with E-state index >= 15 is 0 Å². The molecule has 1 aliphatic heterocycles. The lowest BCUT2D eigenvalue weighted by Gasteiger charge is -2.23. The first-order valence-electron chi connectivity index (χ1n) is 3.11. The van der Waals surface area contributed by atoms with Crippen LogP contribution in [0.25, 0.3) is 0 Å². The molecule has 0 bridgehead atoms. The molecule has 4 heteroatoms. The molecule has 0 atom stereocenters. The van der Waals surface area contributed by atoms with E-state index in [4.69, 9.17) is 5.84 Å². The van der Waals surface area contributed by atoms with Crippen molar-refractivity contribution in [1.29, 1.82) is 0 Å². The van der Waals surface area contributed by atoms with E-state index in [0.717, 1.165) is 25.8 Å². The van der Waals surface area contributed by atoms with Gasteiger partial charge in [-0.1, -0.05) is 0 Å². The summed E-state index contributed by atoms with van der Waals surface area (Å²) in [6.07, 6.45) is 2.94. The van der Waals surface area contributed by atoms with Crippen LogP contribution in [0.1, 0.15) is 19.3 Å². The molecule has 4 N–H and O–H groups in total. The summed E-state index contributed by atoms with van der Waals surface area (Å²) in [5.41, 5.74) is 0.612. The number of hydrogen-bond donors (Lipinski definition) is 1. The highest BCUT2D eigenvalue weighted by Crippen LogP contribution is 2.13. The second-order valence-electron chi connectivity index (χ2n) is 2.20. The first-order valence-corrected chi connectivity index (χ1v) is 3.11. The summed E-state index contributed by atoms with van der Waals surface area (Å²) in [7, 11) is 0. The van der Waals surface area contributed by atoms with E-state index in [0.29, 0.717) is 5.70 Å². The van der Waals surface area contributed by atoms with Crippen LogP contribution >= 0.6 is 0 Å². The summed E-state index contributed by atoms with van der Waals surface area (Å²) in [5.74, 6) is 7.24. The highest BCUT2D eigenvalue weighted by Gasteiger charge is 2.10. The molecule has 0 aromatic carbocycles. The van der Waals surface area contributed by atoms with Crippen molar-refractivity contribution < 1.29 is 10.3 Å². The molecule has 1 aliphatic rings. The molecule has 1 rings (SSSR count). The highest BCUT2D eigenvalue weighted by molar-refractivity contribution is 5.51. The van der Waals surface area contributed by atoms with Gasteiger partial charge in [0.2, 0.25) is 0 Å². The average Bonchev–Trinajstić information content (AvgIpc) is 1.89. The zero-order valence-corrected chi connectivity index (χ0v) is 5.76. The summed E-state index contributed by atoms with van der Waals surface area (Å²) in [6, 6.07) is 0. The SMILES string of the molecule is NN1CCCCC1=C=O.O. The van der Waals surface area contributed by atoms with Crippen LogP contribution in [0.5, 0.6) is 0 Å². The van der Waals surface area contributed by atoms with E-state index in [1.54, 1.807) is 0 Å². The van der Waals surface area contributed by atoms with Gasteiger partial charge in [0.05, 0.1) is 0 Å². The predicted octanol–water partition coefficient (Wildman–Crippen LogP) is -0.763. The molecule has 1 saturated heterocycles. The number of allylic oxidation sites excluding steroid dienone is 1. The third-order valence-corrected chi connectivity index (χ3v) is 1.53. The number of hydrazine groups is 1. The standard InChI is InChI=1S/C6H10N2O.H2O/c7-8-4-2-1-3-6(8)5-9;/h1-4,7H2;1H2. The van der Waals surface area contributed by atoms with E-state index < -0.39 is 0 Å². The van der Waals surface area contributed by atoms with Gasteiger partial charge in [0, 0.05) is 6.54 Å². The van der Waals surface area contributed by atoms with Crippen molar-refractivity contribution in [2.75, 3.05) is 6.54 Å². The predicted molar refractivity (Wildman–Crippen MR) is 37.6 cm³/mol. The monoisotopic (exact) mass is 144 g/mol. The van der Waals surface area contributed by atoms with Crippen LogP contribution in [0.15, 0.2) is 5.70 Å². The molecule has 1 fully saturated rings. The second kappa shape index (κ2) is 4.06. The fraction of sp³-hybridized carbons (Fsp3) is 0.667. The van der Waals surface area contributed by atoms with Gasteiger partial charge in [-0.2, -0.15) is 0 Å². The quantitative estimate of drug-likeness (QED) is 0.358. The number of nitrogens with two attached hydrogens (primary N) is 1. The second-order valence-corrected chi connectivity index (χ2v) is 2.20. The van der Waals surface area contributed by atoms with Gasteiger partial charge in [-0.05, 0) is 19.3 Å². The summed E-state index contributed by atoms with van der Waals surface area (Å²) < 4.78 is 0. The molecular weight excluding hydrogens is 132 g/mol. The van der Waals surface area contributed by atoms with Crippen LogP contribution in [0.3, 0.4) is 0 Å². The molecule has 0 aromatic heterocycles. The van der Waals surface area contributed by atoms with Crippen molar-refractivity contribution in [2.45, 2.75) is 19.3 Å². The fourth-order valence-electron chi connectivity index (χ4n) is 0.963. The molecule has 0 aliphatic carbocycles. The van der Waals surface area contributed by atoms with E-state index in [2.05, 4.69) is 0 Å². The van der Waals surface area contributed by atoms with Crippen molar-refractivity contribution in [3.8, 4) is 0 Å². The number of hydrogen-bond acceptors (Lipinski definition) is 3. The van der Waals surface area contributed by atoms with E-state index in [1.165, 1.54) is 5.01 Å². The smallest absolute Gasteiger partial charge is 0.147 e. The molecule has 58 valence electrons. The van der Waals surface area contributed by atoms with Crippen molar-refractivity contribution in [3.05, 3.63) is 5.70 Å². The van der Waals surface area contributed by atoms with E-state index in [-0.39, 0.29) is 5.48 Å². The van der Waals surface area contributed by atoms with Crippen molar-refractivity contribution in [1.82, 2.24) is 5.01 Å². The van der Waals surface area contributed by atoms with E-state index in [1.807, 2.05) is 5.94 Å². The largest absolute Gasteiger partial charge is 0.412 e. The fourth-order valence-corrected chi connectivity index (χ4v) is 0.963. The maximum atomic E-state index is 10.1. The van der Waals surface area contributed by atoms with Crippen molar-refractivity contribution in [3.63, 3.8) is 0 Å². The van der Waals surface area contributed by atoms with Crippen molar-refractivity contribution in [2.24, 2.45) is 5.84 Å².